The van der Waals surface area contributed by atoms with Crippen LogP contribution in [0.25, 0.3) is 10.2 Å². The average Bonchev–Trinajstić information content (AvgIpc) is 3.04. The number of anilines is 1. The number of nitrogens with zero attached hydrogens (tertiary/aromatic N) is 2. The Hall–Kier alpha value is -3.00. The van der Waals surface area contributed by atoms with Gasteiger partial charge in [-0.3, -0.25) is 14.2 Å². The molecule has 0 aliphatic carbocycles. The minimum Gasteiger partial charge on any atom is -0.478 e. The Kier molecular flexibility index (Phi) is 5.09. The first-order valence-electron chi connectivity index (χ1n) is 8.43. The van der Waals surface area contributed by atoms with E-state index in [2.05, 4.69) is 10.3 Å². The lowest BCUT2D eigenvalue weighted by molar-refractivity contribution is -0.116. The average molecular weight is 385 g/mol. The molecular weight excluding hydrogens is 366 g/mol. The molecule has 27 heavy (non-hydrogen) atoms. The normalized spacial score (nSPS) is 10.9. The molecule has 1 aromatic carbocycles. The Morgan fingerprint density at radius 3 is 2.67 bits per heavy atom. The number of nitrogens with one attached hydrogen (secondary N) is 1. The zero-order valence-electron chi connectivity index (χ0n) is 15.2. The molecular formula is C19H19N3O4S. The largest absolute Gasteiger partial charge is 0.478 e. The van der Waals surface area contributed by atoms with Crippen molar-refractivity contribution >= 4 is 39.1 Å². The number of aromatic carboxylic acids is 1. The summed E-state index contributed by atoms with van der Waals surface area (Å²) in [7, 11) is 0. The van der Waals surface area contributed by atoms with Crippen LogP contribution in [0, 0.1) is 13.8 Å². The van der Waals surface area contributed by atoms with Crippen molar-refractivity contribution in [2.75, 3.05) is 5.32 Å². The predicted octanol–water partition coefficient (Wildman–Crippen LogP) is 2.97. The second-order valence-electron chi connectivity index (χ2n) is 6.27. The molecule has 0 bridgehead atoms. The molecule has 2 N–H and O–H groups in total. The van der Waals surface area contributed by atoms with E-state index < -0.39 is 11.5 Å². The van der Waals surface area contributed by atoms with Gasteiger partial charge in [0.05, 0.1) is 10.9 Å². The van der Waals surface area contributed by atoms with Crippen LogP contribution >= 0.6 is 11.3 Å². The number of aryl methyl sites for hydroxylation is 3. The molecule has 0 radical (unpaired) electrons. The van der Waals surface area contributed by atoms with Gasteiger partial charge in [0.25, 0.3) is 5.56 Å². The lowest BCUT2D eigenvalue weighted by atomic mass is 10.1. The van der Waals surface area contributed by atoms with Crippen LogP contribution in [0.4, 0.5) is 5.69 Å². The molecule has 0 fully saturated rings. The van der Waals surface area contributed by atoms with Gasteiger partial charge in [-0.15, -0.1) is 11.3 Å². The van der Waals surface area contributed by atoms with Crippen LogP contribution in [0.2, 0.25) is 0 Å². The van der Waals surface area contributed by atoms with Crippen molar-refractivity contribution in [2.45, 2.75) is 33.7 Å². The van der Waals surface area contributed by atoms with E-state index in [0.29, 0.717) is 22.8 Å². The van der Waals surface area contributed by atoms with E-state index >= 15 is 0 Å². The van der Waals surface area contributed by atoms with Crippen LogP contribution in [0.3, 0.4) is 0 Å². The third-order valence-electron chi connectivity index (χ3n) is 4.28. The van der Waals surface area contributed by atoms with Gasteiger partial charge in [0.15, 0.2) is 0 Å². The van der Waals surface area contributed by atoms with Gasteiger partial charge in [0.1, 0.15) is 17.2 Å². The number of carbonyl (C=O) groups is 2. The second-order valence-corrected chi connectivity index (χ2v) is 7.13. The number of fused-ring (bicyclic) bond motifs is 1. The van der Waals surface area contributed by atoms with Gasteiger partial charge < -0.3 is 10.4 Å². The summed E-state index contributed by atoms with van der Waals surface area (Å²) in [6.45, 7) is 5.46. The molecule has 140 valence electrons. The van der Waals surface area contributed by atoms with Gasteiger partial charge in [-0.2, -0.15) is 0 Å². The highest BCUT2D eigenvalue weighted by molar-refractivity contribution is 7.17. The van der Waals surface area contributed by atoms with Gasteiger partial charge in [0.2, 0.25) is 5.91 Å². The van der Waals surface area contributed by atoms with Crippen LogP contribution in [-0.2, 0) is 17.8 Å². The summed E-state index contributed by atoms with van der Waals surface area (Å²) in [5, 5.41) is 13.5. The highest BCUT2D eigenvalue weighted by atomic mass is 32.1. The Morgan fingerprint density at radius 1 is 1.30 bits per heavy atom. The summed E-state index contributed by atoms with van der Waals surface area (Å²) in [5.74, 6) is -1.11. The highest BCUT2D eigenvalue weighted by Crippen LogP contribution is 2.22. The van der Waals surface area contributed by atoms with Crippen LogP contribution in [0.15, 0.2) is 28.4 Å². The number of amides is 1. The summed E-state index contributed by atoms with van der Waals surface area (Å²) in [6.07, 6.45) is 0.447. The molecule has 0 spiro atoms. The quantitative estimate of drug-likeness (QED) is 0.703. The smallest absolute Gasteiger partial charge is 0.337 e. The number of thiophene rings is 1. The molecule has 0 unspecified atom stereocenters. The van der Waals surface area contributed by atoms with Crippen molar-refractivity contribution in [2.24, 2.45) is 0 Å². The number of benzene rings is 1. The number of carbonyl (C=O) groups excluding carboxylic acids is 1. The minimum absolute atomic E-state index is 0.0454. The number of rotatable bonds is 5. The Labute approximate surface area is 159 Å². The van der Waals surface area contributed by atoms with Gasteiger partial charge in [-0.1, -0.05) is 24.6 Å². The fourth-order valence-corrected chi connectivity index (χ4v) is 3.87. The summed E-state index contributed by atoms with van der Waals surface area (Å²) >= 11 is 1.11. The van der Waals surface area contributed by atoms with Crippen molar-refractivity contribution < 1.29 is 14.7 Å². The molecule has 0 saturated heterocycles. The Morgan fingerprint density at radius 2 is 2.04 bits per heavy atom. The SMILES string of the molecule is CCc1nc2scc(C(=O)O)c2c(=O)n1CC(=O)Nc1ccc(C)cc1C. The number of aromatic nitrogens is 2. The number of carboxylic acid groups (broad SMARTS) is 1. The maximum atomic E-state index is 12.9. The van der Waals surface area contributed by atoms with E-state index in [0.717, 1.165) is 22.5 Å². The molecule has 8 heteroatoms. The first-order valence-corrected chi connectivity index (χ1v) is 9.31. The second kappa shape index (κ2) is 7.32. The predicted molar refractivity (Wildman–Crippen MR) is 105 cm³/mol. The molecule has 3 rings (SSSR count). The fourth-order valence-electron chi connectivity index (χ4n) is 2.94. The molecule has 0 aliphatic heterocycles. The van der Waals surface area contributed by atoms with Crippen LogP contribution < -0.4 is 10.9 Å². The third kappa shape index (κ3) is 3.61. The van der Waals surface area contributed by atoms with E-state index in [-0.39, 0.29) is 23.4 Å². The van der Waals surface area contributed by atoms with E-state index in [1.54, 1.807) is 0 Å². The van der Waals surface area contributed by atoms with Gasteiger partial charge in [0, 0.05) is 17.5 Å². The van der Waals surface area contributed by atoms with Crippen molar-refractivity contribution in [3.63, 3.8) is 0 Å². The van der Waals surface area contributed by atoms with Crippen LogP contribution in [-0.4, -0.2) is 26.5 Å². The molecule has 7 nitrogen and oxygen atoms in total. The van der Waals surface area contributed by atoms with E-state index in [9.17, 15) is 19.5 Å². The summed E-state index contributed by atoms with van der Waals surface area (Å²) in [6, 6.07) is 5.66. The first kappa shape index (κ1) is 18.8. The summed E-state index contributed by atoms with van der Waals surface area (Å²) in [5.41, 5.74) is 2.09. The van der Waals surface area contributed by atoms with Crippen molar-refractivity contribution in [1.82, 2.24) is 9.55 Å². The zero-order chi connectivity index (χ0) is 19.7. The molecule has 0 saturated carbocycles. The zero-order valence-corrected chi connectivity index (χ0v) is 16.0. The van der Waals surface area contributed by atoms with Crippen LogP contribution in [0.1, 0.15) is 34.2 Å². The standard InChI is InChI=1S/C19H19N3O4S/c1-4-14-21-17-16(12(9-27-17)19(25)26)18(24)22(14)8-15(23)20-13-6-5-10(2)7-11(13)3/h5-7,9H,4,8H2,1-3H3,(H,20,23)(H,25,26). The van der Waals surface area contributed by atoms with Crippen molar-refractivity contribution in [1.29, 1.82) is 0 Å². The molecule has 2 heterocycles. The first-order chi connectivity index (χ1) is 12.8. The molecule has 3 aromatic rings. The maximum Gasteiger partial charge on any atom is 0.337 e. The summed E-state index contributed by atoms with van der Waals surface area (Å²) < 4.78 is 1.25. The third-order valence-corrected chi connectivity index (χ3v) is 5.15. The Bertz CT molecular complexity index is 1110. The highest BCUT2D eigenvalue weighted by Gasteiger charge is 2.20. The molecule has 2 aromatic heterocycles. The summed E-state index contributed by atoms with van der Waals surface area (Å²) in [4.78, 5) is 41.5. The topological polar surface area (TPSA) is 101 Å². The fraction of sp³-hybridized carbons (Fsp3) is 0.263. The molecule has 0 aliphatic rings. The van der Waals surface area contributed by atoms with Gasteiger partial charge >= 0.3 is 5.97 Å². The van der Waals surface area contributed by atoms with Gasteiger partial charge in [-0.05, 0) is 25.5 Å². The Balaban J connectivity index is 1.99. The van der Waals surface area contributed by atoms with Crippen molar-refractivity contribution in [3.8, 4) is 0 Å². The lowest BCUT2D eigenvalue weighted by Crippen LogP contribution is -2.31. The molecule has 0 atom stereocenters. The molecule has 1 amide bonds. The number of hydrogen-bond acceptors (Lipinski definition) is 5. The monoisotopic (exact) mass is 385 g/mol. The van der Waals surface area contributed by atoms with E-state index in [4.69, 9.17) is 0 Å². The van der Waals surface area contributed by atoms with Gasteiger partial charge in [-0.25, -0.2) is 9.78 Å². The minimum atomic E-state index is -1.18. The lowest BCUT2D eigenvalue weighted by Gasteiger charge is -2.13. The maximum absolute atomic E-state index is 12.9. The van der Waals surface area contributed by atoms with Crippen LogP contribution in [0.5, 0.6) is 0 Å². The van der Waals surface area contributed by atoms with Crippen molar-refractivity contribution in [3.05, 3.63) is 56.4 Å². The number of hydrogen-bond donors (Lipinski definition) is 2. The van der Waals surface area contributed by atoms with E-state index in [1.807, 2.05) is 39.0 Å². The number of carboxylic acids is 1. The van der Waals surface area contributed by atoms with E-state index in [1.165, 1.54) is 9.95 Å².